The predicted octanol–water partition coefficient (Wildman–Crippen LogP) is 2.83. The van der Waals surface area contributed by atoms with Gasteiger partial charge in [0.15, 0.2) is 0 Å². The Kier molecular flexibility index (Phi) is 7.31. The molecule has 1 saturated heterocycles. The molecule has 2 aliphatic rings. The minimum atomic E-state index is 0. The largest absolute Gasteiger partial charge is 0.474 e. The highest BCUT2D eigenvalue weighted by atomic mass is 35.5. The van der Waals surface area contributed by atoms with Crippen LogP contribution >= 0.6 is 12.4 Å². The summed E-state index contributed by atoms with van der Waals surface area (Å²) in [5, 5.41) is 6.45. The Hall–Kier alpha value is -1.33. The summed E-state index contributed by atoms with van der Waals surface area (Å²) in [6.45, 7) is 3.54. The van der Waals surface area contributed by atoms with E-state index in [1.54, 1.807) is 6.20 Å². The lowest BCUT2D eigenvalue weighted by Gasteiger charge is -2.27. The molecule has 2 atom stereocenters. The van der Waals surface area contributed by atoms with E-state index in [1.165, 1.54) is 12.8 Å². The molecule has 0 aromatic carbocycles. The summed E-state index contributed by atoms with van der Waals surface area (Å²) in [4.78, 5) is 16.7. The molecule has 134 valence electrons. The molecule has 0 bridgehead atoms. The van der Waals surface area contributed by atoms with Crippen LogP contribution in [0.15, 0.2) is 18.3 Å². The number of pyridine rings is 1. The lowest BCUT2D eigenvalue weighted by atomic mass is 9.92. The van der Waals surface area contributed by atoms with Gasteiger partial charge in [0.1, 0.15) is 6.10 Å². The fraction of sp³-hybridized carbons (Fsp3) is 0.667. The predicted molar refractivity (Wildman–Crippen MR) is 96.4 cm³/mol. The lowest BCUT2D eigenvalue weighted by molar-refractivity contribution is -0.126. The van der Waals surface area contributed by atoms with Crippen LogP contribution < -0.4 is 15.4 Å². The molecule has 2 fully saturated rings. The number of nitrogens with one attached hydrogen (secondary N) is 2. The molecule has 1 saturated carbocycles. The maximum atomic E-state index is 12.4. The molecule has 5 nitrogen and oxygen atoms in total. The minimum Gasteiger partial charge on any atom is -0.474 e. The Morgan fingerprint density at radius 3 is 2.92 bits per heavy atom. The van der Waals surface area contributed by atoms with Gasteiger partial charge in [0.25, 0.3) is 0 Å². The van der Waals surface area contributed by atoms with E-state index in [4.69, 9.17) is 4.74 Å². The Morgan fingerprint density at radius 2 is 2.17 bits per heavy atom. The van der Waals surface area contributed by atoms with E-state index in [1.807, 2.05) is 12.1 Å². The summed E-state index contributed by atoms with van der Waals surface area (Å²) in [6.07, 6.45) is 8.53. The van der Waals surface area contributed by atoms with Gasteiger partial charge in [-0.2, -0.15) is 0 Å². The molecule has 3 rings (SSSR count). The summed E-state index contributed by atoms with van der Waals surface area (Å²) < 4.78 is 6.03. The van der Waals surface area contributed by atoms with Crippen molar-refractivity contribution in [1.82, 2.24) is 15.6 Å². The number of amides is 1. The van der Waals surface area contributed by atoms with Crippen LogP contribution in [0.25, 0.3) is 0 Å². The second kappa shape index (κ2) is 9.23. The molecular formula is C18H28ClN3O2. The van der Waals surface area contributed by atoms with E-state index in [-0.39, 0.29) is 30.3 Å². The molecule has 1 amide bonds. The van der Waals surface area contributed by atoms with Crippen LogP contribution in [0.4, 0.5) is 0 Å². The average molecular weight is 354 g/mol. The molecule has 2 N–H and O–H groups in total. The second-order valence-corrected chi connectivity index (χ2v) is 6.79. The van der Waals surface area contributed by atoms with Crippen molar-refractivity contribution in [3.05, 3.63) is 23.9 Å². The Balaban J connectivity index is 0.00000208. The minimum absolute atomic E-state index is 0. The van der Waals surface area contributed by atoms with Crippen LogP contribution in [0.1, 0.15) is 51.0 Å². The van der Waals surface area contributed by atoms with Gasteiger partial charge in [-0.05, 0) is 58.1 Å². The first kappa shape index (κ1) is 19.0. The van der Waals surface area contributed by atoms with Gasteiger partial charge < -0.3 is 15.4 Å². The molecule has 1 aromatic rings. The van der Waals surface area contributed by atoms with E-state index in [9.17, 15) is 4.79 Å². The number of piperidine rings is 1. The summed E-state index contributed by atoms with van der Waals surface area (Å²) in [5.74, 6) is 0.939. The highest BCUT2D eigenvalue weighted by Crippen LogP contribution is 2.25. The maximum Gasteiger partial charge on any atom is 0.223 e. The van der Waals surface area contributed by atoms with Gasteiger partial charge in [0.05, 0.1) is 0 Å². The lowest BCUT2D eigenvalue weighted by Crippen LogP contribution is -2.42. The fourth-order valence-electron chi connectivity index (χ4n) is 3.53. The Labute approximate surface area is 150 Å². The number of carbonyl (C=O) groups is 1. The number of hydrogen-bond acceptors (Lipinski definition) is 4. The zero-order chi connectivity index (χ0) is 16.1. The van der Waals surface area contributed by atoms with Gasteiger partial charge in [-0.3, -0.25) is 4.79 Å². The van der Waals surface area contributed by atoms with E-state index < -0.39 is 0 Å². The molecular weight excluding hydrogens is 326 g/mol. The van der Waals surface area contributed by atoms with Crippen LogP contribution in [0.2, 0.25) is 0 Å². The topological polar surface area (TPSA) is 63.2 Å². The second-order valence-electron chi connectivity index (χ2n) is 6.79. The third-order valence-electron chi connectivity index (χ3n) is 4.88. The van der Waals surface area contributed by atoms with Crippen molar-refractivity contribution in [3.63, 3.8) is 0 Å². The monoisotopic (exact) mass is 353 g/mol. The van der Waals surface area contributed by atoms with Crippen molar-refractivity contribution >= 4 is 18.3 Å². The first-order valence-corrected chi connectivity index (χ1v) is 8.84. The summed E-state index contributed by atoms with van der Waals surface area (Å²) in [6, 6.07) is 4.30. The van der Waals surface area contributed by atoms with Gasteiger partial charge >= 0.3 is 0 Å². The standard InChI is InChI=1S/C18H27N3O2.ClH/c1-13-11-14(8-10-19-13)17(22)21-12-15-5-4-9-20-18(15)23-16-6-2-3-7-16;/h4-5,9,13-14,16,19H,2-3,6-8,10-12H2,1H3,(H,21,22);1H/t13-,14-;/m0./s1. The average Bonchev–Trinajstić information content (AvgIpc) is 3.07. The van der Waals surface area contributed by atoms with Gasteiger partial charge in [0, 0.05) is 30.3 Å². The van der Waals surface area contributed by atoms with Crippen molar-refractivity contribution in [2.45, 2.75) is 64.1 Å². The van der Waals surface area contributed by atoms with Crippen molar-refractivity contribution in [3.8, 4) is 5.88 Å². The van der Waals surface area contributed by atoms with E-state index in [0.717, 1.165) is 37.8 Å². The molecule has 24 heavy (non-hydrogen) atoms. The van der Waals surface area contributed by atoms with Crippen LogP contribution in [-0.2, 0) is 11.3 Å². The SMILES string of the molecule is C[C@H]1C[C@@H](C(=O)NCc2cccnc2OC2CCCC2)CCN1.Cl. The smallest absolute Gasteiger partial charge is 0.223 e. The number of carbonyl (C=O) groups excluding carboxylic acids is 1. The third kappa shape index (κ3) is 5.08. The van der Waals surface area contributed by atoms with Crippen molar-refractivity contribution < 1.29 is 9.53 Å². The number of aromatic nitrogens is 1. The van der Waals surface area contributed by atoms with Crippen LogP contribution in [-0.4, -0.2) is 29.6 Å². The fourth-order valence-corrected chi connectivity index (χ4v) is 3.53. The molecule has 6 heteroatoms. The van der Waals surface area contributed by atoms with Gasteiger partial charge in [0.2, 0.25) is 11.8 Å². The molecule has 1 aliphatic heterocycles. The summed E-state index contributed by atoms with van der Waals surface area (Å²) in [5.41, 5.74) is 0.967. The van der Waals surface area contributed by atoms with Gasteiger partial charge in [-0.25, -0.2) is 4.98 Å². The normalized spacial score (nSPS) is 24.2. The molecule has 0 unspecified atom stereocenters. The van der Waals surface area contributed by atoms with E-state index >= 15 is 0 Å². The van der Waals surface area contributed by atoms with E-state index in [0.29, 0.717) is 18.5 Å². The van der Waals surface area contributed by atoms with Crippen molar-refractivity contribution in [1.29, 1.82) is 0 Å². The molecule has 0 spiro atoms. The first-order chi connectivity index (χ1) is 11.2. The zero-order valence-electron chi connectivity index (χ0n) is 14.3. The van der Waals surface area contributed by atoms with Crippen molar-refractivity contribution in [2.24, 2.45) is 5.92 Å². The number of hydrogen-bond donors (Lipinski definition) is 2. The summed E-state index contributed by atoms with van der Waals surface area (Å²) >= 11 is 0. The van der Waals surface area contributed by atoms with E-state index in [2.05, 4.69) is 22.5 Å². The number of nitrogens with zero attached hydrogens (tertiary/aromatic N) is 1. The number of rotatable bonds is 5. The quantitative estimate of drug-likeness (QED) is 0.854. The Morgan fingerprint density at radius 1 is 1.38 bits per heavy atom. The molecule has 2 heterocycles. The molecule has 1 aliphatic carbocycles. The highest BCUT2D eigenvalue weighted by molar-refractivity contribution is 5.85. The highest BCUT2D eigenvalue weighted by Gasteiger charge is 2.25. The maximum absolute atomic E-state index is 12.4. The van der Waals surface area contributed by atoms with Gasteiger partial charge in [-0.15, -0.1) is 12.4 Å². The molecule has 0 radical (unpaired) electrons. The third-order valence-corrected chi connectivity index (χ3v) is 4.88. The van der Waals surface area contributed by atoms with Crippen molar-refractivity contribution in [2.75, 3.05) is 6.54 Å². The van der Waals surface area contributed by atoms with Crippen LogP contribution in [0, 0.1) is 5.92 Å². The molecule has 1 aromatic heterocycles. The van der Waals surface area contributed by atoms with Crippen LogP contribution in [0.3, 0.4) is 0 Å². The number of ether oxygens (including phenoxy) is 1. The first-order valence-electron chi connectivity index (χ1n) is 8.84. The summed E-state index contributed by atoms with van der Waals surface area (Å²) in [7, 11) is 0. The Bertz CT molecular complexity index is 535. The number of halogens is 1. The van der Waals surface area contributed by atoms with Crippen LogP contribution in [0.5, 0.6) is 5.88 Å². The zero-order valence-corrected chi connectivity index (χ0v) is 15.1. The van der Waals surface area contributed by atoms with Gasteiger partial charge in [-0.1, -0.05) is 6.07 Å².